The zero-order valence-corrected chi connectivity index (χ0v) is 15.0. The van der Waals surface area contributed by atoms with E-state index in [1.807, 2.05) is 14.0 Å². The molecule has 0 saturated carbocycles. The summed E-state index contributed by atoms with van der Waals surface area (Å²) in [6.07, 6.45) is -0.0537. The van der Waals surface area contributed by atoms with Gasteiger partial charge in [0.1, 0.15) is 5.75 Å². The van der Waals surface area contributed by atoms with Gasteiger partial charge in [0.15, 0.2) is 0 Å². The highest BCUT2D eigenvalue weighted by atomic mass is 32.2. The number of carbonyl (C=O) groups excluding carboxylic acids is 1. The number of rotatable bonds is 7. The van der Waals surface area contributed by atoms with E-state index in [4.69, 9.17) is 4.74 Å². The summed E-state index contributed by atoms with van der Waals surface area (Å²) in [5.41, 5.74) is 0.625. The molecule has 24 heavy (non-hydrogen) atoms. The Labute approximate surface area is 143 Å². The lowest BCUT2D eigenvalue weighted by Gasteiger charge is -2.31. The monoisotopic (exact) mass is 355 g/mol. The molecular weight excluding hydrogens is 330 g/mol. The summed E-state index contributed by atoms with van der Waals surface area (Å²) < 4.78 is 31.4. The minimum Gasteiger partial charge on any atom is -0.494 e. The molecule has 1 heterocycles. The van der Waals surface area contributed by atoms with Crippen LogP contribution in [0.2, 0.25) is 0 Å². The second-order valence-corrected chi connectivity index (χ2v) is 7.86. The van der Waals surface area contributed by atoms with Crippen LogP contribution >= 0.6 is 0 Å². The normalized spacial score (nSPS) is 16.8. The third-order valence-electron chi connectivity index (χ3n) is 3.89. The van der Waals surface area contributed by atoms with Crippen LogP contribution < -0.4 is 10.1 Å². The standard InChI is InChI=1S/C16H25N3O4S/c1-3-23-15-6-4-14(5-7-15)17-16(20)8-13-24(21,22)19-11-9-18(2)10-12-19/h4-7H,3,8-13H2,1-2H3,(H,17,20). The van der Waals surface area contributed by atoms with Gasteiger partial charge in [0.2, 0.25) is 15.9 Å². The van der Waals surface area contributed by atoms with Gasteiger partial charge in [0, 0.05) is 38.3 Å². The van der Waals surface area contributed by atoms with E-state index in [0.29, 0.717) is 25.4 Å². The molecule has 1 aliphatic rings. The average Bonchev–Trinajstić information content (AvgIpc) is 2.56. The van der Waals surface area contributed by atoms with E-state index in [9.17, 15) is 13.2 Å². The summed E-state index contributed by atoms with van der Waals surface area (Å²) in [5, 5.41) is 2.71. The number of nitrogens with zero attached hydrogens (tertiary/aromatic N) is 2. The number of anilines is 1. The van der Waals surface area contributed by atoms with Crippen molar-refractivity contribution in [2.45, 2.75) is 13.3 Å². The van der Waals surface area contributed by atoms with E-state index in [2.05, 4.69) is 10.2 Å². The maximum atomic E-state index is 12.3. The fourth-order valence-electron chi connectivity index (χ4n) is 2.44. The summed E-state index contributed by atoms with van der Waals surface area (Å²) in [4.78, 5) is 14.1. The van der Waals surface area contributed by atoms with Gasteiger partial charge in [-0.15, -0.1) is 0 Å². The molecule has 1 aromatic rings. The predicted octanol–water partition coefficient (Wildman–Crippen LogP) is 0.991. The van der Waals surface area contributed by atoms with Gasteiger partial charge in [-0.05, 0) is 38.2 Å². The van der Waals surface area contributed by atoms with Crippen LogP contribution in [0.1, 0.15) is 13.3 Å². The summed E-state index contributed by atoms with van der Waals surface area (Å²) in [6, 6.07) is 7.00. The quantitative estimate of drug-likeness (QED) is 0.789. The predicted molar refractivity (Wildman–Crippen MR) is 93.7 cm³/mol. The smallest absolute Gasteiger partial charge is 0.225 e. The van der Waals surface area contributed by atoms with Gasteiger partial charge < -0.3 is 15.0 Å². The number of likely N-dealkylation sites (N-methyl/N-ethyl adjacent to an activating group) is 1. The second kappa shape index (κ2) is 8.46. The summed E-state index contributed by atoms with van der Waals surface area (Å²) in [7, 11) is -1.42. The highest BCUT2D eigenvalue weighted by Crippen LogP contribution is 2.16. The Balaban J connectivity index is 1.81. The number of benzene rings is 1. The Kier molecular flexibility index (Phi) is 6.59. The molecule has 0 bridgehead atoms. The van der Waals surface area contributed by atoms with Crippen LogP contribution in [0.5, 0.6) is 5.75 Å². The molecule has 1 amide bonds. The molecule has 1 saturated heterocycles. The summed E-state index contributed by atoms with van der Waals surface area (Å²) in [5.74, 6) is 0.254. The van der Waals surface area contributed by atoms with Gasteiger partial charge in [-0.2, -0.15) is 4.31 Å². The van der Waals surface area contributed by atoms with Crippen LogP contribution in [0.3, 0.4) is 0 Å². The van der Waals surface area contributed by atoms with Crippen molar-refractivity contribution in [1.82, 2.24) is 9.21 Å². The zero-order valence-electron chi connectivity index (χ0n) is 14.2. The lowest BCUT2D eigenvalue weighted by Crippen LogP contribution is -2.47. The minimum atomic E-state index is -3.38. The molecule has 7 nitrogen and oxygen atoms in total. The Morgan fingerprint density at radius 2 is 1.79 bits per heavy atom. The van der Waals surface area contributed by atoms with E-state index in [0.717, 1.165) is 18.8 Å². The summed E-state index contributed by atoms with van der Waals surface area (Å²) in [6.45, 7) is 4.89. The molecule has 0 aliphatic carbocycles. The van der Waals surface area contributed by atoms with Crippen molar-refractivity contribution in [2.24, 2.45) is 0 Å². The van der Waals surface area contributed by atoms with E-state index in [1.54, 1.807) is 24.3 Å². The molecule has 0 unspecified atom stereocenters. The van der Waals surface area contributed by atoms with Crippen molar-refractivity contribution < 1.29 is 17.9 Å². The molecule has 0 aromatic heterocycles. The molecule has 8 heteroatoms. The van der Waals surface area contributed by atoms with Gasteiger partial charge >= 0.3 is 0 Å². The number of piperazine rings is 1. The molecule has 1 aliphatic heterocycles. The van der Waals surface area contributed by atoms with Gasteiger partial charge in [0.25, 0.3) is 0 Å². The first-order chi connectivity index (χ1) is 11.4. The van der Waals surface area contributed by atoms with Crippen molar-refractivity contribution in [3.63, 3.8) is 0 Å². The van der Waals surface area contributed by atoms with Gasteiger partial charge in [-0.3, -0.25) is 4.79 Å². The van der Waals surface area contributed by atoms with Gasteiger partial charge in [-0.1, -0.05) is 0 Å². The first kappa shape index (κ1) is 18.7. The number of hydrogen-bond donors (Lipinski definition) is 1. The van der Waals surface area contributed by atoms with E-state index >= 15 is 0 Å². The maximum Gasteiger partial charge on any atom is 0.225 e. The van der Waals surface area contributed by atoms with Crippen molar-refractivity contribution in [1.29, 1.82) is 0 Å². The number of ether oxygens (including phenoxy) is 1. The molecule has 0 radical (unpaired) electrons. The number of sulfonamides is 1. The number of amides is 1. The topological polar surface area (TPSA) is 78.9 Å². The SMILES string of the molecule is CCOc1ccc(NC(=O)CCS(=O)(=O)N2CCN(C)CC2)cc1. The lowest BCUT2D eigenvalue weighted by molar-refractivity contribution is -0.115. The van der Waals surface area contributed by atoms with E-state index in [1.165, 1.54) is 4.31 Å². The highest BCUT2D eigenvalue weighted by Gasteiger charge is 2.26. The zero-order chi connectivity index (χ0) is 17.6. The fraction of sp³-hybridized carbons (Fsp3) is 0.562. The molecule has 2 rings (SSSR count). The molecular formula is C16H25N3O4S. The Morgan fingerprint density at radius 1 is 1.17 bits per heavy atom. The van der Waals surface area contributed by atoms with Crippen LogP contribution in [-0.2, 0) is 14.8 Å². The van der Waals surface area contributed by atoms with E-state index in [-0.39, 0.29) is 18.1 Å². The van der Waals surface area contributed by atoms with Crippen LogP contribution in [0.15, 0.2) is 24.3 Å². The fourth-order valence-corrected chi connectivity index (χ4v) is 3.86. The van der Waals surface area contributed by atoms with Crippen molar-refractivity contribution in [3.05, 3.63) is 24.3 Å². The van der Waals surface area contributed by atoms with Gasteiger partial charge in [-0.25, -0.2) is 8.42 Å². The van der Waals surface area contributed by atoms with Crippen molar-refractivity contribution >= 4 is 21.6 Å². The average molecular weight is 355 g/mol. The first-order valence-electron chi connectivity index (χ1n) is 8.10. The molecule has 1 aromatic carbocycles. The molecule has 134 valence electrons. The largest absolute Gasteiger partial charge is 0.494 e. The maximum absolute atomic E-state index is 12.3. The Hall–Kier alpha value is -1.64. The van der Waals surface area contributed by atoms with Crippen LogP contribution in [0.25, 0.3) is 0 Å². The first-order valence-corrected chi connectivity index (χ1v) is 9.70. The Bertz CT molecular complexity index is 638. The van der Waals surface area contributed by atoms with Crippen LogP contribution in [-0.4, -0.2) is 69.1 Å². The van der Waals surface area contributed by atoms with Crippen molar-refractivity contribution in [3.8, 4) is 5.75 Å². The minimum absolute atomic E-state index is 0.0537. The van der Waals surface area contributed by atoms with Crippen LogP contribution in [0.4, 0.5) is 5.69 Å². The highest BCUT2D eigenvalue weighted by molar-refractivity contribution is 7.89. The van der Waals surface area contributed by atoms with E-state index < -0.39 is 10.0 Å². The van der Waals surface area contributed by atoms with Crippen LogP contribution in [0, 0.1) is 0 Å². The summed E-state index contributed by atoms with van der Waals surface area (Å²) >= 11 is 0. The third-order valence-corrected chi connectivity index (χ3v) is 5.76. The molecule has 0 atom stereocenters. The molecule has 0 spiro atoms. The second-order valence-electron chi connectivity index (χ2n) is 5.77. The number of nitrogens with one attached hydrogen (secondary N) is 1. The van der Waals surface area contributed by atoms with Gasteiger partial charge in [0.05, 0.1) is 12.4 Å². The molecule has 1 fully saturated rings. The number of carbonyl (C=O) groups is 1. The number of hydrogen-bond acceptors (Lipinski definition) is 5. The third kappa shape index (κ3) is 5.47. The lowest BCUT2D eigenvalue weighted by atomic mass is 10.3. The van der Waals surface area contributed by atoms with Crippen molar-refractivity contribution in [2.75, 3.05) is 50.9 Å². The Morgan fingerprint density at radius 3 is 2.38 bits per heavy atom. The molecule has 1 N–H and O–H groups in total.